The van der Waals surface area contributed by atoms with Gasteiger partial charge in [-0.3, -0.25) is 4.99 Å². The van der Waals surface area contributed by atoms with Crippen LogP contribution < -0.4 is 10.6 Å². The van der Waals surface area contributed by atoms with E-state index in [0.29, 0.717) is 6.61 Å². The van der Waals surface area contributed by atoms with Gasteiger partial charge in [-0.1, -0.05) is 23.8 Å². The van der Waals surface area contributed by atoms with Crippen molar-refractivity contribution in [2.24, 2.45) is 4.99 Å². The van der Waals surface area contributed by atoms with Crippen LogP contribution in [0.15, 0.2) is 23.2 Å². The third kappa shape index (κ3) is 5.75. The number of nitrogens with zero attached hydrogens (tertiary/aromatic N) is 1. The van der Waals surface area contributed by atoms with Crippen LogP contribution in [-0.2, 0) is 11.2 Å². The predicted octanol–water partition coefficient (Wildman–Crippen LogP) is 1.66. The minimum atomic E-state index is 0.678. The number of ether oxygens (including phenoxy) is 1. The van der Waals surface area contributed by atoms with Gasteiger partial charge in [0.25, 0.3) is 0 Å². The fraction of sp³-hybridized carbons (Fsp3) is 0.533. The number of rotatable bonds is 6. The van der Waals surface area contributed by atoms with E-state index in [4.69, 9.17) is 4.74 Å². The van der Waals surface area contributed by atoms with Gasteiger partial charge in [0.2, 0.25) is 0 Å². The van der Waals surface area contributed by atoms with Gasteiger partial charge in [-0.15, -0.1) is 0 Å². The molecule has 0 spiro atoms. The molecule has 19 heavy (non-hydrogen) atoms. The van der Waals surface area contributed by atoms with Gasteiger partial charge in [-0.25, -0.2) is 0 Å². The Hall–Kier alpha value is -1.55. The third-order valence-electron chi connectivity index (χ3n) is 3.01. The normalized spacial score (nSPS) is 11.5. The van der Waals surface area contributed by atoms with Crippen LogP contribution in [0.2, 0.25) is 0 Å². The van der Waals surface area contributed by atoms with Crippen molar-refractivity contribution in [1.82, 2.24) is 10.6 Å². The van der Waals surface area contributed by atoms with Gasteiger partial charge in [-0.2, -0.15) is 0 Å². The van der Waals surface area contributed by atoms with E-state index >= 15 is 0 Å². The molecule has 0 aliphatic heterocycles. The maximum atomic E-state index is 4.99. The Morgan fingerprint density at radius 2 is 1.95 bits per heavy atom. The molecule has 0 aliphatic rings. The number of benzene rings is 1. The Balaban J connectivity index is 2.36. The number of aryl methyl sites for hydroxylation is 2. The molecular weight excluding hydrogens is 238 g/mol. The molecule has 0 heterocycles. The van der Waals surface area contributed by atoms with Gasteiger partial charge in [0.1, 0.15) is 0 Å². The predicted molar refractivity (Wildman–Crippen MR) is 80.9 cm³/mol. The van der Waals surface area contributed by atoms with Gasteiger partial charge >= 0.3 is 0 Å². The summed E-state index contributed by atoms with van der Waals surface area (Å²) in [7, 11) is 3.47. The van der Waals surface area contributed by atoms with Gasteiger partial charge in [0.15, 0.2) is 5.96 Å². The molecule has 106 valence electrons. The standard InChI is InChI=1S/C15H25N3O/c1-12-5-6-14(13(2)11-12)7-8-17-15(16-3)18-9-10-19-4/h5-6,11H,7-10H2,1-4H3,(H2,16,17,18). The summed E-state index contributed by atoms with van der Waals surface area (Å²) in [5, 5.41) is 6.50. The molecule has 4 nitrogen and oxygen atoms in total. The zero-order valence-corrected chi connectivity index (χ0v) is 12.4. The van der Waals surface area contributed by atoms with Crippen LogP contribution in [0.3, 0.4) is 0 Å². The molecule has 0 aliphatic carbocycles. The maximum absolute atomic E-state index is 4.99. The summed E-state index contributed by atoms with van der Waals surface area (Å²) in [4.78, 5) is 4.17. The summed E-state index contributed by atoms with van der Waals surface area (Å²) in [6.07, 6.45) is 0.997. The van der Waals surface area contributed by atoms with Crippen LogP contribution >= 0.6 is 0 Å². The second-order valence-electron chi connectivity index (χ2n) is 4.60. The summed E-state index contributed by atoms with van der Waals surface area (Å²) < 4.78 is 4.99. The highest BCUT2D eigenvalue weighted by Gasteiger charge is 2.00. The van der Waals surface area contributed by atoms with Crippen molar-refractivity contribution in [2.45, 2.75) is 20.3 Å². The molecule has 0 unspecified atom stereocenters. The topological polar surface area (TPSA) is 45.7 Å². The summed E-state index contributed by atoms with van der Waals surface area (Å²) in [6, 6.07) is 6.59. The number of nitrogens with one attached hydrogen (secondary N) is 2. The van der Waals surface area contributed by atoms with Crippen molar-refractivity contribution < 1.29 is 4.74 Å². The molecular formula is C15H25N3O. The van der Waals surface area contributed by atoms with Crippen LogP contribution in [0.1, 0.15) is 16.7 Å². The molecule has 0 amide bonds. The second kappa shape index (κ2) is 8.53. The fourth-order valence-electron chi connectivity index (χ4n) is 1.93. The van der Waals surface area contributed by atoms with E-state index in [1.165, 1.54) is 16.7 Å². The Bertz CT molecular complexity index is 416. The SMILES string of the molecule is CN=C(NCCOC)NCCc1ccc(C)cc1C. The highest BCUT2D eigenvalue weighted by molar-refractivity contribution is 5.79. The van der Waals surface area contributed by atoms with Crippen molar-refractivity contribution in [1.29, 1.82) is 0 Å². The van der Waals surface area contributed by atoms with Gasteiger partial charge < -0.3 is 15.4 Å². The molecule has 0 aromatic heterocycles. The molecule has 0 atom stereocenters. The number of guanidine groups is 1. The van der Waals surface area contributed by atoms with E-state index in [9.17, 15) is 0 Å². The van der Waals surface area contributed by atoms with E-state index in [-0.39, 0.29) is 0 Å². The summed E-state index contributed by atoms with van der Waals surface area (Å²) >= 11 is 0. The highest BCUT2D eigenvalue weighted by atomic mass is 16.5. The van der Waals surface area contributed by atoms with E-state index in [1.807, 2.05) is 0 Å². The van der Waals surface area contributed by atoms with Crippen molar-refractivity contribution in [3.8, 4) is 0 Å². The molecule has 0 saturated heterocycles. The summed E-state index contributed by atoms with van der Waals surface area (Å²) in [5.74, 6) is 0.821. The zero-order valence-electron chi connectivity index (χ0n) is 12.4. The number of aliphatic imine (C=N–C) groups is 1. The van der Waals surface area contributed by atoms with Crippen molar-refractivity contribution in [3.63, 3.8) is 0 Å². The van der Waals surface area contributed by atoms with Crippen LogP contribution in [-0.4, -0.2) is 39.8 Å². The van der Waals surface area contributed by atoms with E-state index in [1.54, 1.807) is 14.2 Å². The molecule has 1 aromatic rings. The minimum Gasteiger partial charge on any atom is -0.383 e. The van der Waals surface area contributed by atoms with Crippen molar-refractivity contribution in [3.05, 3.63) is 34.9 Å². The molecule has 2 N–H and O–H groups in total. The summed E-state index contributed by atoms with van der Waals surface area (Å²) in [5.41, 5.74) is 4.04. The van der Waals surface area contributed by atoms with Crippen LogP contribution in [0, 0.1) is 13.8 Å². The van der Waals surface area contributed by atoms with Gasteiger partial charge in [0.05, 0.1) is 6.61 Å². The summed E-state index contributed by atoms with van der Waals surface area (Å²) in [6.45, 7) is 6.60. The molecule has 4 heteroatoms. The average Bonchev–Trinajstić information content (AvgIpc) is 2.39. The van der Waals surface area contributed by atoms with Gasteiger partial charge in [0, 0.05) is 27.2 Å². The Labute approximate surface area is 116 Å². The number of methoxy groups -OCH3 is 1. The quantitative estimate of drug-likeness (QED) is 0.466. The second-order valence-corrected chi connectivity index (χ2v) is 4.60. The molecule has 0 radical (unpaired) electrons. The monoisotopic (exact) mass is 263 g/mol. The van der Waals surface area contributed by atoms with Crippen molar-refractivity contribution in [2.75, 3.05) is 33.9 Å². The van der Waals surface area contributed by atoms with Gasteiger partial charge in [-0.05, 0) is 31.4 Å². The molecule has 0 bridgehead atoms. The first-order valence-electron chi connectivity index (χ1n) is 6.67. The lowest BCUT2D eigenvalue weighted by molar-refractivity contribution is 0.203. The first-order valence-corrected chi connectivity index (χ1v) is 6.67. The first kappa shape index (κ1) is 15.5. The third-order valence-corrected chi connectivity index (χ3v) is 3.01. The van der Waals surface area contributed by atoms with E-state index in [2.05, 4.69) is 47.7 Å². The largest absolute Gasteiger partial charge is 0.383 e. The molecule has 1 rings (SSSR count). The van der Waals surface area contributed by atoms with E-state index < -0.39 is 0 Å². The molecule has 1 aromatic carbocycles. The lowest BCUT2D eigenvalue weighted by Gasteiger charge is -2.12. The number of hydrogen-bond acceptors (Lipinski definition) is 2. The molecule has 0 saturated carbocycles. The lowest BCUT2D eigenvalue weighted by Crippen LogP contribution is -2.39. The lowest BCUT2D eigenvalue weighted by atomic mass is 10.0. The maximum Gasteiger partial charge on any atom is 0.191 e. The first-order chi connectivity index (χ1) is 9.17. The smallest absolute Gasteiger partial charge is 0.191 e. The molecule has 0 fully saturated rings. The van der Waals surface area contributed by atoms with E-state index in [0.717, 1.165) is 25.5 Å². The highest BCUT2D eigenvalue weighted by Crippen LogP contribution is 2.10. The minimum absolute atomic E-state index is 0.678. The fourth-order valence-corrected chi connectivity index (χ4v) is 1.93. The Kier molecular flexibility index (Phi) is 6.97. The average molecular weight is 263 g/mol. The Morgan fingerprint density at radius 1 is 1.21 bits per heavy atom. The number of hydrogen-bond donors (Lipinski definition) is 2. The van der Waals surface area contributed by atoms with Crippen LogP contribution in [0.5, 0.6) is 0 Å². The Morgan fingerprint density at radius 3 is 2.58 bits per heavy atom. The van der Waals surface area contributed by atoms with Crippen LogP contribution in [0.25, 0.3) is 0 Å². The van der Waals surface area contributed by atoms with Crippen molar-refractivity contribution >= 4 is 5.96 Å². The zero-order chi connectivity index (χ0) is 14.1. The van der Waals surface area contributed by atoms with Crippen LogP contribution in [0.4, 0.5) is 0 Å².